The van der Waals surface area contributed by atoms with E-state index in [1.54, 1.807) is 0 Å². The lowest BCUT2D eigenvalue weighted by molar-refractivity contribution is 1.11. The Kier molecular flexibility index (Phi) is 10.2. The quantitative estimate of drug-likeness (QED) is 0.145. The summed E-state index contributed by atoms with van der Waals surface area (Å²) in [6.45, 7) is 0. The van der Waals surface area contributed by atoms with Gasteiger partial charge in [0.05, 0.1) is 16.6 Å². The van der Waals surface area contributed by atoms with Crippen LogP contribution in [0.2, 0.25) is 0 Å². The molecule has 0 N–H and O–H groups in total. The van der Waals surface area contributed by atoms with Crippen LogP contribution in [0.5, 0.6) is 0 Å². The molecule has 3 heteroatoms. The molecular weight excluding hydrogens is 811 g/mol. The van der Waals surface area contributed by atoms with Crippen molar-refractivity contribution in [1.29, 1.82) is 0 Å². The van der Waals surface area contributed by atoms with Gasteiger partial charge in [-0.2, -0.15) is 0 Å². The lowest BCUT2D eigenvalue weighted by Crippen LogP contribution is -1.99. The highest BCUT2D eigenvalue weighted by atomic mass is 15.1. The van der Waals surface area contributed by atoms with Crippen molar-refractivity contribution in [3.05, 3.63) is 261 Å². The minimum atomic E-state index is 0.669. The molecule has 0 aliphatic rings. The van der Waals surface area contributed by atoms with Crippen LogP contribution in [0.15, 0.2) is 261 Å². The van der Waals surface area contributed by atoms with Gasteiger partial charge >= 0.3 is 0 Å². The number of aromatic nitrogens is 3. The number of para-hydroxylation sites is 2. The number of hydrogen-bond acceptors (Lipinski definition) is 2. The maximum atomic E-state index is 5.55. The van der Waals surface area contributed by atoms with Crippen molar-refractivity contribution in [3.8, 4) is 95.1 Å². The predicted octanol–water partition coefficient (Wildman–Crippen LogP) is 16.9. The van der Waals surface area contributed by atoms with Crippen molar-refractivity contribution < 1.29 is 0 Å². The van der Waals surface area contributed by atoms with Gasteiger partial charge in [0.25, 0.3) is 0 Å². The Bertz CT molecular complexity index is 3720. The standard InChI is InChI=1S/C64H43N3/c1-4-17-44(18-5-1)46-35-37-47(38-36-46)49-22-13-24-51(40-49)54-27-15-29-56(42-54)62-61-59-33-10-11-34-60(59)67(58-31-8-3-9-32-58)64(61)66-63(65-62)57-30-16-28-55(43-57)53-26-14-25-52(41-53)50-23-12-21-48(39-50)45-19-6-2-7-20-45/h1-43H. The molecule has 0 unspecified atom stereocenters. The number of nitrogens with zero attached hydrogens (tertiary/aromatic N) is 3. The molecule has 0 fully saturated rings. The highest BCUT2D eigenvalue weighted by Crippen LogP contribution is 2.40. The molecule has 314 valence electrons. The third kappa shape index (κ3) is 7.69. The first-order valence-corrected chi connectivity index (χ1v) is 22.8. The van der Waals surface area contributed by atoms with Crippen molar-refractivity contribution in [2.24, 2.45) is 0 Å². The molecule has 0 amide bonds. The van der Waals surface area contributed by atoms with Crippen LogP contribution in [-0.4, -0.2) is 14.5 Å². The summed E-state index contributed by atoms with van der Waals surface area (Å²) < 4.78 is 2.28. The summed E-state index contributed by atoms with van der Waals surface area (Å²) in [7, 11) is 0. The van der Waals surface area contributed by atoms with E-state index in [1.165, 1.54) is 44.5 Å². The zero-order valence-electron chi connectivity index (χ0n) is 36.7. The lowest BCUT2D eigenvalue weighted by Gasteiger charge is -2.13. The van der Waals surface area contributed by atoms with E-state index in [9.17, 15) is 0 Å². The Morgan fingerprint density at radius 2 is 0.597 bits per heavy atom. The van der Waals surface area contributed by atoms with E-state index in [1.807, 2.05) is 0 Å². The topological polar surface area (TPSA) is 30.7 Å². The summed E-state index contributed by atoms with van der Waals surface area (Å²) in [4.78, 5) is 11.0. The highest BCUT2D eigenvalue weighted by molar-refractivity contribution is 6.14. The second kappa shape index (κ2) is 17.2. The first kappa shape index (κ1) is 39.7. The largest absolute Gasteiger partial charge is 0.294 e. The monoisotopic (exact) mass is 853 g/mol. The second-order valence-electron chi connectivity index (χ2n) is 17.0. The van der Waals surface area contributed by atoms with Crippen molar-refractivity contribution >= 4 is 21.9 Å². The maximum absolute atomic E-state index is 5.55. The number of hydrogen-bond donors (Lipinski definition) is 0. The van der Waals surface area contributed by atoms with Crippen molar-refractivity contribution in [3.63, 3.8) is 0 Å². The Morgan fingerprint density at radius 3 is 1.12 bits per heavy atom. The fourth-order valence-corrected chi connectivity index (χ4v) is 9.46. The van der Waals surface area contributed by atoms with Crippen molar-refractivity contribution in [2.75, 3.05) is 0 Å². The molecule has 0 saturated heterocycles. The van der Waals surface area contributed by atoms with Gasteiger partial charge in [-0.05, 0) is 115 Å². The molecule has 67 heavy (non-hydrogen) atoms. The van der Waals surface area contributed by atoms with Gasteiger partial charge in [-0.15, -0.1) is 0 Å². The van der Waals surface area contributed by atoms with E-state index in [-0.39, 0.29) is 0 Å². The van der Waals surface area contributed by atoms with Crippen molar-refractivity contribution in [2.45, 2.75) is 0 Å². The number of benzene rings is 10. The lowest BCUT2D eigenvalue weighted by atomic mass is 9.95. The third-order valence-electron chi connectivity index (χ3n) is 12.8. The van der Waals surface area contributed by atoms with Crippen LogP contribution >= 0.6 is 0 Å². The van der Waals surface area contributed by atoms with Crippen molar-refractivity contribution in [1.82, 2.24) is 14.5 Å². The first-order valence-electron chi connectivity index (χ1n) is 22.8. The van der Waals surface area contributed by atoms with Gasteiger partial charge in [0.1, 0.15) is 5.65 Å². The zero-order valence-corrected chi connectivity index (χ0v) is 36.7. The molecule has 12 rings (SSSR count). The van der Waals surface area contributed by atoms with E-state index in [0.717, 1.165) is 66.7 Å². The van der Waals surface area contributed by atoms with Crippen LogP contribution in [0.3, 0.4) is 0 Å². The summed E-state index contributed by atoms with van der Waals surface area (Å²) in [6, 6.07) is 93.0. The number of rotatable bonds is 9. The Labute approximate surface area is 390 Å². The van der Waals surface area contributed by atoms with Gasteiger partial charge in [0.2, 0.25) is 0 Å². The molecular formula is C64H43N3. The molecule has 2 aromatic heterocycles. The van der Waals surface area contributed by atoms with Crippen LogP contribution in [0, 0.1) is 0 Å². The Morgan fingerprint density at radius 1 is 0.254 bits per heavy atom. The van der Waals surface area contributed by atoms with E-state index in [0.29, 0.717) is 5.82 Å². The van der Waals surface area contributed by atoms with Gasteiger partial charge in [-0.3, -0.25) is 4.57 Å². The third-order valence-corrected chi connectivity index (χ3v) is 12.8. The van der Waals surface area contributed by atoms with Gasteiger partial charge in [0.15, 0.2) is 5.82 Å². The van der Waals surface area contributed by atoms with E-state index >= 15 is 0 Å². The summed E-state index contributed by atoms with van der Waals surface area (Å²) in [6.07, 6.45) is 0. The molecule has 3 nitrogen and oxygen atoms in total. The van der Waals surface area contributed by atoms with Gasteiger partial charge in [0, 0.05) is 22.2 Å². The Balaban J connectivity index is 0.972. The normalized spacial score (nSPS) is 11.3. The molecule has 12 aromatic rings. The fraction of sp³-hybridized carbons (Fsp3) is 0. The molecule has 0 atom stereocenters. The van der Waals surface area contributed by atoms with Gasteiger partial charge in [-0.25, -0.2) is 9.97 Å². The predicted molar refractivity (Wildman–Crippen MR) is 280 cm³/mol. The molecule has 0 radical (unpaired) electrons. The van der Waals surface area contributed by atoms with Crippen LogP contribution in [0.25, 0.3) is 117 Å². The van der Waals surface area contributed by atoms with Crippen LogP contribution < -0.4 is 0 Å². The summed E-state index contributed by atoms with van der Waals surface area (Å²) in [5.74, 6) is 0.669. The molecule has 0 saturated carbocycles. The minimum Gasteiger partial charge on any atom is -0.294 e. The SMILES string of the molecule is c1ccc(-c2ccc(-c3cccc(-c4cccc(-c5nc(-c6cccc(-c7cccc(-c8cccc(-c9ccccc9)c8)c7)c6)nc6c5c5ccccc5n6-c5ccccc5)c4)c3)cc2)cc1. The average Bonchev–Trinajstić information content (AvgIpc) is 3.76. The van der Waals surface area contributed by atoms with Crippen LogP contribution in [0.4, 0.5) is 0 Å². The van der Waals surface area contributed by atoms with E-state index in [2.05, 4.69) is 265 Å². The second-order valence-corrected chi connectivity index (χ2v) is 17.0. The average molecular weight is 854 g/mol. The smallest absolute Gasteiger partial charge is 0.162 e. The van der Waals surface area contributed by atoms with E-state index in [4.69, 9.17) is 9.97 Å². The maximum Gasteiger partial charge on any atom is 0.162 e. The van der Waals surface area contributed by atoms with Gasteiger partial charge < -0.3 is 0 Å². The summed E-state index contributed by atoms with van der Waals surface area (Å²) in [5, 5.41) is 2.13. The van der Waals surface area contributed by atoms with E-state index < -0.39 is 0 Å². The van der Waals surface area contributed by atoms with Crippen LogP contribution in [0.1, 0.15) is 0 Å². The van der Waals surface area contributed by atoms with Crippen LogP contribution in [-0.2, 0) is 0 Å². The molecule has 0 aliphatic carbocycles. The molecule has 0 spiro atoms. The first-order chi connectivity index (χ1) is 33.2. The molecule has 0 aliphatic heterocycles. The highest BCUT2D eigenvalue weighted by Gasteiger charge is 2.21. The molecule has 10 aromatic carbocycles. The zero-order chi connectivity index (χ0) is 44.5. The fourth-order valence-electron chi connectivity index (χ4n) is 9.46. The molecule has 2 heterocycles. The Hall–Kier alpha value is -8.92. The summed E-state index contributed by atoms with van der Waals surface area (Å²) in [5.41, 5.74) is 19.9. The summed E-state index contributed by atoms with van der Waals surface area (Å²) >= 11 is 0. The molecule has 0 bridgehead atoms. The van der Waals surface area contributed by atoms with Gasteiger partial charge in [-0.1, -0.05) is 212 Å². The number of fused-ring (bicyclic) bond motifs is 3. The minimum absolute atomic E-state index is 0.669.